The van der Waals surface area contributed by atoms with E-state index in [4.69, 9.17) is 18.9 Å². The van der Waals surface area contributed by atoms with Crippen LogP contribution in [0.3, 0.4) is 0 Å². The molecular formula is C25H29N7O6S. The van der Waals surface area contributed by atoms with Crippen LogP contribution in [0.1, 0.15) is 24.4 Å². The maximum absolute atomic E-state index is 13.7. The van der Waals surface area contributed by atoms with Crippen LogP contribution in [0.4, 0.5) is 5.95 Å². The van der Waals surface area contributed by atoms with E-state index in [1.165, 1.54) is 39.9 Å². The lowest BCUT2D eigenvalue weighted by Gasteiger charge is -2.23. The van der Waals surface area contributed by atoms with Crippen LogP contribution < -0.4 is 18.9 Å². The maximum Gasteiger partial charge on any atom is 0.243 e. The van der Waals surface area contributed by atoms with E-state index in [1.54, 1.807) is 48.9 Å². The number of pyridine rings is 1. The number of rotatable bonds is 11. The van der Waals surface area contributed by atoms with Crippen LogP contribution >= 0.6 is 0 Å². The molecule has 0 fully saturated rings. The monoisotopic (exact) mass is 555 g/mol. The molecule has 206 valence electrons. The summed E-state index contributed by atoms with van der Waals surface area (Å²) < 4.78 is 53.3. The van der Waals surface area contributed by atoms with Crippen molar-refractivity contribution in [1.82, 2.24) is 29.7 Å². The average Bonchev–Trinajstić information content (AvgIpc) is 3.35. The zero-order valence-corrected chi connectivity index (χ0v) is 23.1. The second kappa shape index (κ2) is 11.6. The van der Waals surface area contributed by atoms with Gasteiger partial charge in [-0.25, -0.2) is 23.4 Å². The Morgan fingerprint density at radius 1 is 0.923 bits per heavy atom. The van der Waals surface area contributed by atoms with Crippen molar-refractivity contribution in [2.75, 3.05) is 33.2 Å². The molecule has 2 atom stereocenters. The second-order valence-electron chi connectivity index (χ2n) is 8.41. The molecule has 4 rings (SSSR count). The molecule has 3 aromatic heterocycles. The minimum absolute atomic E-state index is 0.102. The Kier molecular flexibility index (Phi) is 8.26. The number of methoxy groups -OCH3 is 4. The molecule has 4 aromatic rings. The van der Waals surface area contributed by atoms with Gasteiger partial charge in [-0.1, -0.05) is 6.07 Å². The van der Waals surface area contributed by atoms with Crippen LogP contribution in [0, 0.1) is 6.92 Å². The summed E-state index contributed by atoms with van der Waals surface area (Å²) in [4.78, 5) is 12.6. The van der Waals surface area contributed by atoms with Crippen molar-refractivity contribution in [2.24, 2.45) is 0 Å². The Morgan fingerprint density at radius 3 is 2.18 bits per heavy atom. The van der Waals surface area contributed by atoms with Gasteiger partial charge in [-0.05, 0) is 37.6 Å². The molecule has 0 spiro atoms. The lowest BCUT2D eigenvalue weighted by molar-refractivity contribution is 0.0949. The van der Waals surface area contributed by atoms with Crippen molar-refractivity contribution in [2.45, 2.75) is 25.2 Å². The van der Waals surface area contributed by atoms with E-state index in [-0.39, 0.29) is 17.6 Å². The topological polar surface area (TPSA) is 152 Å². The number of anilines is 1. The van der Waals surface area contributed by atoms with Gasteiger partial charge in [0.15, 0.2) is 11.6 Å². The molecule has 13 nitrogen and oxygen atoms in total. The highest BCUT2D eigenvalue weighted by atomic mass is 32.2. The Balaban J connectivity index is 1.85. The molecule has 0 amide bonds. The lowest BCUT2D eigenvalue weighted by atomic mass is 10.2. The van der Waals surface area contributed by atoms with Crippen LogP contribution in [0.5, 0.6) is 17.4 Å². The number of hydrogen-bond donors (Lipinski definition) is 1. The van der Waals surface area contributed by atoms with Crippen LogP contribution in [-0.2, 0) is 14.8 Å². The number of aromatic nitrogens is 6. The molecule has 0 bridgehead atoms. The summed E-state index contributed by atoms with van der Waals surface area (Å²) in [5, 5.41) is 7.38. The number of nitrogens with zero attached hydrogens (tertiary/aromatic N) is 6. The molecule has 0 aliphatic heterocycles. The quantitative estimate of drug-likeness (QED) is 0.291. The van der Waals surface area contributed by atoms with E-state index in [9.17, 15) is 8.42 Å². The Labute approximate surface area is 226 Å². The summed E-state index contributed by atoms with van der Waals surface area (Å²) in [6.07, 6.45) is 3.79. The molecule has 39 heavy (non-hydrogen) atoms. The average molecular weight is 556 g/mol. The van der Waals surface area contributed by atoms with E-state index in [1.807, 2.05) is 6.92 Å². The van der Waals surface area contributed by atoms with Gasteiger partial charge in [-0.15, -0.1) is 10.2 Å². The molecule has 0 unspecified atom stereocenters. The highest BCUT2D eigenvalue weighted by Crippen LogP contribution is 2.38. The number of benzene rings is 1. The molecule has 1 N–H and O–H groups in total. The minimum atomic E-state index is -4.13. The normalized spacial score (nSPS) is 13.0. The van der Waals surface area contributed by atoms with E-state index in [2.05, 4.69) is 29.9 Å². The van der Waals surface area contributed by atoms with Gasteiger partial charge in [0.05, 0.1) is 21.3 Å². The maximum atomic E-state index is 13.7. The van der Waals surface area contributed by atoms with Crippen molar-refractivity contribution in [1.29, 1.82) is 0 Å². The largest absolute Gasteiger partial charge is 0.494 e. The van der Waals surface area contributed by atoms with Gasteiger partial charge in [0.2, 0.25) is 21.9 Å². The number of nitrogens with one attached hydrogen (secondary N) is 1. The molecule has 0 saturated carbocycles. The number of sulfonamides is 1. The van der Waals surface area contributed by atoms with Gasteiger partial charge in [0.25, 0.3) is 0 Å². The van der Waals surface area contributed by atoms with Crippen molar-refractivity contribution < 1.29 is 27.4 Å². The van der Waals surface area contributed by atoms with E-state index in [0.717, 1.165) is 5.56 Å². The molecule has 0 aliphatic carbocycles. The highest BCUT2D eigenvalue weighted by Gasteiger charge is 2.35. The first-order valence-corrected chi connectivity index (χ1v) is 13.3. The zero-order valence-electron chi connectivity index (χ0n) is 22.3. The van der Waals surface area contributed by atoms with Gasteiger partial charge in [0.1, 0.15) is 28.5 Å². The van der Waals surface area contributed by atoms with Crippen LogP contribution in [-0.4, -0.2) is 71.8 Å². The Hall–Kier alpha value is -4.30. The molecule has 0 aliphatic rings. The predicted octanol–water partition coefficient (Wildman–Crippen LogP) is 2.97. The minimum Gasteiger partial charge on any atom is -0.494 e. The summed E-state index contributed by atoms with van der Waals surface area (Å²) >= 11 is 0. The first-order valence-electron chi connectivity index (χ1n) is 11.7. The lowest BCUT2D eigenvalue weighted by Crippen LogP contribution is -2.33. The fourth-order valence-corrected chi connectivity index (χ4v) is 5.03. The van der Waals surface area contributed by atoms with Gasteiger partial charge in [-0.2, -0.15) is 0 Å². The fourth-order valence-electron chi connectivity index (χ4n) is 3.90. The molecule has 14 heteroatoms. The predicted molar refractivity (Wildman–Crippen MR) is 143 cm³/mol. The zero-order chi connectivity index (χ0) is 28.2. The molecule has 3 heterocycles. The molecule has 0 radical (unpaired) electrons. The smallest absolute Gasteiger partial charge is 0.243 e. The molecular weight excluding hydrogens is 526 g/mol. The highest BCUT2D eigenvalue weighted by molar-refractivity contribution is 7.93. The standard InChI is InChI=1S/C25H29N7O6S/c1-15-13-27-23(28-14-15)22(38-6)16(2)39(33,34)31-25-30-29-24(17-10-11-26-20(12-17)37-5)32(25)21-18(35-3)8-7-9-19(21)36-4/h7-14,16,22H,1-6H3,(H,30,31)/t16-,22-/m0/s1. The van der Waals surface area contributed by atoms with Crippen LogP contribution in [0.2, 0.25) is 0 Å². The first kappa shape index (κ1) is 27.7. The van der Waals surface area contributed by atoms with Gasteiger partial charge in [0, 0.05) is 37.3 Å². The summed E-state index contributed by atoms with van der Waals surface area (Å²) in [6, 6.07) is 8.52. The van der Waals surface area contributed by atoms with Crippen molar-refractivity contribution >= 4 is 16.0 Å². The van der Waals surface area contributed by atoms with Crippen molar-refractivity contribution in [3.63, 3.8) is 0 Å². The van der Waals surface area contributed by atoms with Crippen molar-refractivity contribution in [3.8, 4) is 34.5 Å². The first-order chi connectivity index (χ1) is 18.7. The number of aryl methyl sites for hydroxylation is 1. The summed E-state index contributed by atoms with van der Waals surface area (Å²) in [6.45, 7) is 3.33. The number of hydrogen-bond acceptors (Lipinski definition) is 11. The van der Waals surface area contributed by atoms with E-state index in [0.29, 0.717) is 28.6 Å². The summed E-state index contributed by atoms with van der Waals surface area (Å²) in [7, 11) is 1.75. The van der Waals surface area contributed by atoms with Gasteiger partial charge in [-0.3, -0.25) is 9.29 Å². The third kappa shape index (κ3) is 5.61. The van der Waals surface area contributed by atoms with E-state index >= 15 is 0 Å². The van der Waals surface area contributed by atoms with Crippen molar-refractivity contribution in [3.05, 3.63) is 60.3 Å². The van der Waals surface area contributed by atoms with E-state index < -0.39 is 21.4 Å². The Bertz CT molecular complexity index is 1520. The summed E-state index contributed by atoms with van der Waals surface area (Å²) in [5.41, 5.74) is 1.78. The number of ether oxygens (including phenoxy) is 4. The van der Waals surface area contributed by atoms with Gasteiger partial charge >= 0.3 is 0 Å². The SMILES string of the molecule is COc1cc(-c2nnc(NS(=O)(=O)[C@@H](C)[C@H](OC)c3ncc(C)cn3)n2-c2c(OC)cccc2OC)ccn1. The fraction of sp³-hybridized carbons (Fsp3) is 0.320. The third-order valence-electron chi connectivity index (χ3n) is 5.95. The second-order valence-corrected chi connectivity index (χ2v) is 10.4. The van der Waals surface area contributed by atoms with Crippen LogP contribution in [0.15, 0.2) is 48.9 Å². The van der Waals surface area contributed by atoms with Crippen LogP contribution in [0.25, 0.3) is 17.1 Å². The Morgan fingerprint density at radius 2 is 1.59 bits per heavy atom. The summed E-state index contributed by atoms with van der Waals surface area (Å²) in [5.74, 6) is 1.55. The number of para-hydroxylation sites is 1. The third-order valence-corrected chi connectivity index (χ3v) is 7.64. The molecule has 1 aromatic carbocycles. The molecule has 0 saturated heterocycles. The van der Waals surface area contributed by atoms with Gasteiger partial charge < -0.3 is 18.9 Å².